The second kappa shape index (κ2) is 10.1. The average Bonchev–Trinajstić information content (AvgIpc) is 3.17. The van der Waals surface area contributed by atoms with Crippen LogP contribution < -0.4 is 19.8 Å². The number of nitrogens with zero attached hydrogens (tertiary/aromatic N) is 1. The van der Waals surface area contributed by atoms with E-state index >= 15 is 0 Å². The smallest absolute Gasteiger partial charge is 0.295 e. The van der Waals surface area contributed by atoms with Crippen molar-refractivity contribution in [2.45, 2.75) is 26.3 Å². The van der Waals surface area contributed by atoms with Gasteiger partial charge >= 0.3 is 0 Å². The number of carbonyl (C=O) groups is 1. The molecule has 0 aliphatic carbocycles. The van der Waals surface area contributed by atoms with Crippen molar-refractivity contribution in [1.29, 1.82) is 0 Å². The van der Waals surface area contributed by atoms with Crippen molar-refractivity contribution < 1.29 is 18.7 Å². The van der Waals surface area contributed by atoms with Crippen LogP contribution in [0, 0.1) is 0 Å². The molecule has 1 aliphatic rings. The highest BCUT2D eigenvalue weighted by atomic mass is 79.9. The van der Waals surface area contributed by atoms with Crippen LogP contribution in [0.2, 0.25) is 0 Å². The number of carbonyl (C=O) groups excluding carboxylic acids is 1. The number of halogens is 2. The quantitative estimate of drug-likeness (QED) is 0.220. The van der Waals surface area contributed by atoms with Gasteiger partial charge in [-0.15, -0.1) is 0 Å². The average molecular weight is 613 g/mol. The summed E-state index contributed by atoms with van der Waals surface area (Å²) in [4.78, 5) is 29.2. The number of amides is 1. The van der Waals surface area contributed by atoms with Crippen molar-refractivity contribution >= 4 is 54.4 Å². The van der Waals surface area contributed by atoms with Crippen LogP contribution in [-0.4, -0.2) is 19.1 Å². The van der Waals surface area contributed by atoms with Gasteiger partial charge in [0.05, 0.1) is 30.2 Å². The van der Waals surface area contributed by atoms with Gasteiger partial charge in [-0.25, -0.2) is 0 Å². The van der Waals surface area contributed by atoms with E-state index in [4.69, 9.17) is 13.9 Å². The summed E-state index contributed by atoms with van der Waals surface area (Å²) in [5.41, 5.74) is 1.80. The molecule has 0 saturated heterocycles. The number of anilines is 1. The lowest BCUT2D eigenvalue weighted by Gasteiger charge is -2.26. The maximum absolute atomic E-state index is 13.8. The van der Waals surface area contributed by atoms with Crippen molar-refractivity contribution in [2.75, 3.05) is 18.1 Å². The van der Waals surface area contributed by atoms with Crippen LogP contribution in [0.3, 0.4) is 0 Å². The minimum absolute atomic E-state index is 0.0482. The van der Waals surface area contributed by atoms with E-state index in [9.17, 15) is 9.59 Å². The predicted molar refractivity (Wildman–Crippen MR) is 146 cm³/mol. The summed E-state index contributed by atoms with van der Waals surface area (Å²) in [6.45, 7) is 4.94. The summed E-state index contributed by atoms with van der Waals surface area (Å²) in [5.74, 6) is 0.861. The van der Waals surface area contributed by atoms with Crippen LogP contribution in [0.5, 0.6) is 11.5 Å². The zero-order valence-corrected chi connectivity index (χ0v) is 22.9. The van der Waals surface area contributed by atoms with Gasteiger partial charge in [-0.05, 0) is 73.5 Å². The van der Waals surface area contributed by atoms with Gasteiger partial charge in [0.25, 0.3) is 5.91 Å². The Morgan fingerprint density at radius 1 is 0.889 bits per heavy atom. The zero-order valence-electron chi connectivity index (χ0n) is 19.7. The summed E-state index contributed by atoms with van der Waals surface area (Å²) in [6, 6.07) is 17.4. The fourth-order valence-corrected chi connectivity index (χ4v) is 5.05. The van der Waals surface area contributed by atoms with Crippen LogP contribution in [0.4, 0.5) is 5.69 Å². The van der Waals surface area contributed by atoms with Crippen molar-refractivity contribution in [3.63, 3.8) is 0 Å². The fraction of sp³-hybridized carbons (Fsp3) is 0.214. The largest absolute Gasteiger partial charge is 0.490 e. The van der Waals surface area contributed by atoms with E-state index in [1.54, 1.807) is 23.1 Å². The lowest BCUT2D eigenvalue weighted by Crippen LogP contribution is -2.29. The molecule has 6 nitrogen and oxygen atoms in total. The minimum atomic E-state index is -0.701. The Balaban J connectivity index is 1.75. The molecule has 1 aromatic heterocycles. The first-order valence-electron chi connectivity index (χ1n) is 11.7. The molecule has 1 aliphatic heterocycles. The molecule has 3 aromatic carbocycles. The molecule has 5 rings (SSSR count). The van der Waals surface area contributed by atoms with E-state index in [-0.39, 0.29) is 17.1 Å². The molecule has 184 valence electrons. The molecule has 0 spiro atoms. The van der Waals surface area contributed by atoms with Crippen molar-refractivity contribution in [2.24, 2.45) is 0 Å². The molecule has 0 radical (unpaired) electrons. The van der Waals surface area contributed by atoms with E-state index in [1.807, 2.05) is 56.3 Å². The molecule has 1 atom stereocenters. The van der Waals surface area contributed by atoms with Gasteiger partial charge < -0.3 is 13.9 Å². The SMILES string of the molecule is CCCOc1ccc(C2c3c(oc4ccc(Br)cc4c3=O)C(=O)N2c2ccc(Br)cc2)cc1OCC. The molecule has 1 unspecified atom stereocenters. The van der Waals surface area contributed by atoms with Crippen molar-refractivity contribution in [3.8, 4) is 11.5 Å². The van der Waals surface area contributed by atoms with Crippen LogP contribution in [0.25, 0.3) is 11.0 Å². The molecule has 36 heavy (non-hydrogen) atoms. The van der Waals surface area contributed by atoms with Crippen LogP contribution in [0.1, 0.15) is 48.0 Å². The van der Waals surface area contributed by atoms with Gasteiger partial charge in [-0.1, -0.05) is 44.8 Å². The summed E-state index contributed by atoms with van der Waals surface area (Å²) in [7, 11) is 0. The molecule has 0 fully saturated rings. The van der Waals surface area contributed by atoms with E-state index < -0.39 is 6.04 Å². The maximum Gasteiger partial charge on any atom is 0.295 e. The molecule has 4 aromatic rings. The highest BCUT2D eigenvalue weighted by Crippen LogP contribution is 2.43. The van der Waals surface area contributed by atoms with Gasteiger partial charge in [0.1, 0.15) is 5.58 Å². The number of fused-ring (bicyclic) bond motifs is 2. The second-order valence-corrected chi connectivity index (χ2v) is 10.2. The van der Waals surface area contributed by atoms with Crippen LogP contribution >= 0.6 is 31.9 Å². The molecule has 0 N–H and O–H groups in total. The Morgan fingerprint density at radius 3 is 2.36 bits per heavy atom. The first-order valence-corrected chi connectivity index (χ1v) is 13.3. The predicted octanol–water partition coefficient (Wildman–Crippen LogP) is 7.26. The number of benzene rings is 3. The van der Waals surface area contributed by atoms with Gasteiger partial charge in [-0.3, -0.25) is 14.5 Å². The molecular weight excluding hydrogens is 590 g/mol. The number of hydrogen-bond acceptors (Lipinski definition) is 5. The lowest BCUT2D eigenvalue weighted by molar-refractivity contribution is 0.0971. The summed E-state index contributed by atoms with van der Waals surface area (Å²) in [6.07, 6.45) is 0.860. The van der Waals surface area contributed by atoms with Gasteiger partial charge in [0.15, 0.2) is 16.9 Å². The molecule has 2 heterocycles. The highest BCUT2D eigenvalue weighted by Gasteiger charge is 2.44. The Hall–Kier alpha value is -3.10. The normalized spacial score (nSPS) is 14.8. The molecular formula is C28H23Br2NO5. The van der Waals surface area contributed by atoms with Crippen LogP contribution in [0.15, 0.2) is 78.8 Å². The maximum atomic E-state index is 13.8. The first kappa shape index (κ1) is 24.6. The van der Waals surface area contributed by atoms with E-state index in [0.29, 0.717) is 46.9 Å². The van der Waals surface area contributed by atoms with Gasteiger partial charge in [0, 0.05) is 14.6 Å². The number of rotatable bonds is 7. The topological polar surface area (TPSA) is 69.0 Å². The van der Waals surface area contributed by atoms with E-state index in [1.165, 1.54) is 0 Å². The summed E-state index contributed by atoms with van der Waals surface area (Å²) >= 11 is 6.89. The Bertz CT molecular complexity index is 1510. The summed E-state index contributed by atoms with van der Waals surface area (Å²) in [5, 5.41) is 0.409. The second-order valence-electron chi connectivity index (χ2n) is 8.36. The Labute approximate surface area is 225 Å². The van der Waals surface area contributed by atoms with Crippen LogP contribution in [-0.2, 0) is 0 Å². The van der Waals surface area contributed by atoms with E-state index in [2.05, 4.69) is 31.9 Å². The highest BCUT2D eigenvalue weighted by molar-refractivity contribution is 9.10. The summed E-state index contributed by atoms with van der Waals surface area (Å²) < 4.78 is 19.4. The Morgan fingerprint density at radius 2 is 1.64 bits per heavy atom. The molecule has 8 heteroatoms. The minimum Gasteiger partial charge on any atom is -0.490 e. The fourth-order valence-electron chi connectivity index (χ4n) is 4.42. The number of ether oxygens (including phenoxy) is 2. The molecule has 1 amide bonds. The monoisotopic (exact) mass is 611 g/mol. The third-order valence-electron chi connectivity index (χ3n) is 5.98. The lowest BCUT2D eigenvalue weighted by atomic mass is 9.97. The number of hydrogen-bond donors (Lipinski definition) is 0. The zero-order chi connectivity index (χ0) is 25.4. The standard InChI is InChI=1S/C28H23Br2NO5/c1-3-13-35-22-11-5-16(14-23(22)34-4-2)25-24-26(32)20-15-18(30)8-12-21(20)36-27(24)28(33)31(25)19-9-6-17(29)7-10-19/h5-12,14-15,25H,3-4,13H2,1-2H3. The molecule has 0 saturated carbocycles. The van der Waals surface area contributed by atoms with E-state index in [0.717, 1.165) is 20.9 Å². The Kier molecular flexibility index (Phi) is 6.90. The third-order valence-corrected chi connectivity index (χ3v) is 7.00. The van der Waals surface area contributed by atoms with Crippen molar-refractivity contribution in [1.82, 2.24) is 0 Å². The van der Waals surface area contributed by atoms with Crippen molar-refractivity contribution in [3.05, 3.63) is 96.7 Å². The molecule has 0 bridgehead atoms. The first-order chi connectivity index (χ1) is 17.4. The van der Waals surface area contributed by atoms with Gasteiger partial charge in [-0.2, -0.15) is 0 Å². The third kappa shape index (κ3) is 4.33. The van der Waals surface area contributed by atoms with Gasteiger partial charge in [0.2, 0.25) is 5.76 Å².